The van der Waals surface area contributed by atoms with E-state index >= 15 is 0 Å². The van der Waals surface area contributed by atoms with E-state index in [2.05, 4.69) is 55.4 Å². The third-order valence-corrected chi connectivity index (χ3v) is 30.5. The fourth-order valence-corrected chi connectivity index (χ4v) is 26.8. The summed E-state index contributed by atoms with van der Waals surface area (Å²) in [6.45, 7) is 20.2. The van der Waals surface area contributed by atoms with Crippen LogP contribution in [0.5, 0.6) is 0 Å². The van der Waals surface area contributed by atoms with Gasteiger partial charge in [0.15, 0.2) is 0 Å². The molecule has 0 N–H and O–H groups in total. The van der Waals surface area contributed by atoms with Gasteiger partial charge in [-0.25, -0.2) is 0 Å². The molecular formula is C20H44Sn. The second-order valence-electron chi connectivity index (χ2n) is 8.47. The molecule has 0 saturated heterocycles. The molecule has 0 spiro atoms. The third-order valence-electron chi connectivity index (χ3n) is 6.77. The molecule has 0 aromatic carbocycles. The van der Waals surface area contributed by atoms with Crippen LogP contribution >= 0.6 is 0 Å². The molecule has 0 atom stereocenters. The molecule has 128 valence electrons. The number of unbranched alkanes of at least 4 members (excludes halogenated alkanes) is 4. The Hall–Kier alpha value is 0.799. The van der Waals surface area contributed by atoms with E-state index in [4.69, 9.17) is 0 Å². The van der Waals surface area contributed by atoms with Crippen molar-refractivity contribution in [1.82, 2.24) is 0 Å². The Morgan fingerprint density at radius 3 is 1.14 bits per heavy atom. The number of rotatable bonds is 12. The molecular weight excluding hydrogens is 359 g/mol. The van der Waals surface area contributed by atoms with E-state index in [1.165, 1.54) is 51.4 Å². The average Bonchev–Trinajstić information content (AvgIpc) is 2.45. The van der Waals surface area contributed by atoms with Crippen LogP contribution in [-0.2, 0) is 0 Å². The molecule has 0 radical (unpaired) electrons. The topological polar surface area (TPSA) is 0 Å². The van der Waals surface area contributed by atoms with E-state index in [1.807, 2.05) is 0 Å². The van der Waals surface area contributed by atoms with Crippen molar-refractivity contribution in [1.29, 1.82) is 0 Å². The van der Waals surface area contributed by atoms with Gasteiger partial charge in [-0.15, -0.1) is 0 Å². The average molecular weight is 403 g/mol. The Balaban J connectivity index is 5.48. The van der Waals surface area contributed by atoms with Crippen LogP contribution in [0.4, 0.5) is 0 Å². The Morgan fingerprint density at radius 2 is 0.905 bits per heavy atom. The van der Waals surface area contributed by atoms with Crippen LogP contribution in [0, 0.1) is 0 Å². The van der Waals surface area contributed by atoms with E-state index in [9.17, 15) is 0 Å². The summed E-state index contributed by atoms with van der Waals surface area (Å²) in [5, 5.41) is 0. The summed E-state index contributed by atoms with van der Waals surface area (Å²) in [5.41, 5.74) is 0. The number of hydrogen-bond acceptors (Lipinski definition) is 0. The van der Waals surface area contributed by atoms with E-state index < -0.39 is 18.4 Å². The van der Waals surface area contributed by atoms with Gasteiger partial charge in [-0.05, 0) is 0 Å². The van der Waals surface area contributed by atoms with Crippen LogP contribution in [0.2, 0.25) is 15.7 Å². The fraction of sp³-hybridized carbons (Fsp3) is 1.00. The molecule has 0 fully saturated rings. The van der Waals surface area contributed by atoms with Crippen molar-refractivity contribution < 1.29 is 0 Å². The Bertz CT molecular complexity index is 237. The van der Waals surface area contributed by atoms with E-state index in [0.717, 1.165) is 0 Å². The molecule has 0 aliphatic rings. The molecule has 0 aromatic heterocycles. The van der Waals surface area contributed by atoms with Gasteiger partial charge in [-0.1, -0.05) is 0 Å². The van der Waals surface area contributed by atoms with Gasteiger partial charge in [0.05, 0.1) is 0 Å². The molecule has 0 heterocycles. The van der Waals surface area contributed by atoms with E-state index in [0.29, 0.717) is 6.86 Å². The Kier molecular flexibility index (Phi) is 10.2. The summed E-state index contributed by atoms with van der Waals surface area (Å²) in [7, 11) is 0. The summed E-state index contributed by atoms with van der Waals surface area (Å²) < 4.78 is 4.56. The monoisotopic (exact) mass is 404 g/mol. The Morgan fingerprint density at radius 1 is 0.571 bits per heavy atom. The van der Waals surface area contributed by atoms with Gasteiger partial charge in [0.25, 0.3) is 0 Å². The van der Waals surface area contributed by atoms with Crippen molar-refractivity contribution in [2.24, 2.45) is 0 Å². The predicted molar refractivity (Wildman–Crippen MR) is 103 cm³/mol. The van der Waals surface area contributed by atoms with Crippen molar-refractivity contribution in [2.45, 2.75) is 122 Å². The second-order valence-corrected chi connectivity index (χ2v) is 25.2. The van der Waals surface area contributed by atoms with Gasteiger partial charge >= 0.3 is 141 Å². The summed E-state index contributed by atoms with van der Waals surface area (Å²) in [6.07, 6.45) is 11.4. The SMILES string of the molecule is CCCC[CH2][Sn]([CH2]CCCC)([C](C)(C)CC)[C](C)(C)CC. The molecule has 0 bridgehead atoms. The fourth-order valence-electron chi connectivity index (χ4n) is 4.42. The van der Waals surface area contributed by atoms with Gasteiger partial charge in [0.2, 0.25) is 0 Å². The third kappa shape index (κ3) is 5.43. The van der Waals surface area contributed by atoms with Gasteiger partial charge in [0, 0.05) is 0 Å². The van der Waals surface area contributed by atoms with Gasteiger partial charge in [0.1, 0.15) is 0 Å². The summed E-state index contributed by atoms with van der Waals surface area (Å²) in [6, 6.07) is 0. The van der Waals surface area contributed by atoms with Crippen LogP contribution < -0.4 is 0 Å². The molecule has 0 nitrogen and oxygen atoms in total. The summed E-state index contributed by atoms with van der Waals surface area (Å²) in [5.74, 6) is 0. The zero-order chi connectivity index (χ0) is 16.6. The molecule has 21 heavy (non-hydrogen) atoms. The van der Waals surface area contributed by atoms with Crippen LogP contribution in [0.25, 0.3) is 0 Å². The van der Waals surface area contributed by atoms with Gasteiger partial charge < -0.3 is 0 Å². The zero-order valence-electron chi connectivity index (χ0n) is 16.6. The van der Waals surface area contributed by atoms with Crippen LogP contribution in [0.15, 0.2) is 0 Å². The molecule has 0 amide bonds. The summed E-state index contributed by atoms with van der Waals surface area (Å²) >= 11 is -2.26. The number of hydrogen-bond donors (Lipinski definition) is 0. The predicted octanol–water partition coefficient (Wildman–Crippen LogP) is 8.20. The first kappa shape index (κ1) is 21.8. The minimum atomic E-state index is -2.26. The molecule has 0 aromatic rings. The van der Waals surface area contributed by atoms with Crippen molar-refractivity contribution in [3.8, 4) is 0 Å². The molecule has 0 unspecified atom stereocenters. The second kappa shape index (κ2) is 9.83. The maximum absolute atomic E-state index is 2.64. The minimum absolute atomic E-state index is 0.648. The van der Waals surface area contributed by atoms with Crippen molar-refractivity contribution in [2.75, 3.05) is 0 Å². The quantitative estimate of drug-likeness (QED) is 0.228. The van der Waals surface area contributed by atoms with Crippen molar-refractivity contribution in [3.63, 3.8) is 0 Å². The molecule has 0 rings (SSSR count). The first-order chi connectivity index (χ1) is 9.74. The molecule has 0 saturated carbocycles. The first-order valence-corrected chi connectivity index (χ1v) is 16.6. The van der Waals surface area contributed by atoms with Crippen molar-refractivity contribution >= 4 is 18.4 Å². The van der Waals surface area contributed by atoms with Gasteiger partial charge in [-0.2, -0.15) is 0 Å². The van der Waals surface area contributed by atoms with Crippen LogP contribution in [0.1, 0.15) is 107 Å². The zero-order valence-corrected chi connectivity index (χ0v) is 19.4. The normalized spacial score (nSPS) is 13.7. The van der Waals surface area contributed by atoms with Crippen LogP contribution in [-0.4, -0.2) is 18.4 Å². The molecule has 1 heteroatoms. The maximum atomic E-state index is 2.64. The molecule has 0 aliphatic heterocycles. The van der Waals surface area contributed by atoms with Gasteiger partial charge in [-0.3, -0.25) is 0 Å². The first-order valence-electron chi connectivity index (χ1n) is 9.74. The van der Waals surface area contributed by atoms with Crippen molar-refractivity contribution in [3.05, 3.63) is 0 Å². The van der Waals surface area contributed by atoms with E-state index in [-0.39, 0.29) is 0 Å². The van der Waals surface area contributed by atoms with E-state index in [1.54, 1.807) is 8.87 Å². The molecule has 0 aliphatic carbocycles. The standard InChI is InChI=1S/4C5H11.Sn/c2*1-4-5(2)3;2*1-3-5-4-2;/h2*4H2,1-3H3;2*1,3-5H2,2H3;. The Labute approximate surface area is 140 Å². The van der Waals surface area contributed by atoms with Crippen LogP contribution in [0.3, 0.4) is 0 Å². The summed E-state index contributed by atoms with van der Waals surface area (Å²) in [4.78, 5) is 0.